The van der Waals surface area contributed by atoms with Gasteiger partial charge in [0.2, 0.25) is 0 Å². The van der Waals surface area contributed by atoms with Gasteiger partial charge in [0.25, 0.3) is 0 Å². The first kappa shape index (κ1) is 16.8. The summed E-state index contributed by atoms with van der Waals surface area (Å²) in [6, 6.07) is 9.15. The van der Waals surface area contributed by atoms with Crippen LogP contribution in [0.3, 0.4) is 0 Å². The molecule has 1 unspecified atom stereocenters. The van der Waals surface area contributed by atoms with Crippen molar-refractivity contribution in [3.8, 4) is 0 Å². The Kier molecular flexibility index (Phi) is 6.81. The third-order valence-electron chi connectivity index (χ3n) is 3.25. The van der Waals surface area contributed by atoms with Crippen LogP contribution in [0.5, 0.6) is 0 Å². The average molecular weight is 279 g/mol. The smallest absolute Gasteiger partial charge is 0.195 e. The molecule has 112 valence electrons. The van der Waals surface area contributed by atoms with Gasteiger partial charge in [-0.15, -0.1) is 0 Å². The van der Waals surface area contributed by atoms with E-state index in [9.17, 15) is 9.90 Å². The van der Waals surface area contributed by atoms with Crippen LogP contribution < -0.4 is 16.8 Å². The second-order valence-electron chi connectivity index (χ2n) is 5.14. The first-order valence-corrected chi connectivity index (χ1v) is 6.98. The third-order valence-corrected chi connectivity index (χ3v) is 3.25. The Morgan fingerprint density at radius 2 is 2.05 bits per heavy atom. The SMILES string of the molecule is CC(O)(NCCCN)C(=O)[C@@H](N)CCc1ccccc1. The zero-order valence-electron chi connectivity index (χ0n) is 12.0. The summed E-state index contributed by atoms with van der Waals surface area (Å²) in [6.45, 7) is 2.44. The molecule has 0 aliphatic rings. The Morgan fingerprint density at radius 1 is 1.40 bits per heavy atom. The largest absolute Gasteiger partial charge is 0.369 e. The summed E-state index contributed by atoms with van der Waals surface area (Å²) >= 11 is 0. The number of carbonyl (C=O) groups excluding carboxylic acids is 1. The van der Waals surface area contributed by atoms with Crippen LogP contribution in [0, 0.1) is 0 Å². The van der Waals surface area contributed by atoms with E-state index < -0.39 is 11.8 Å². The van der Waals surface area contributed by atoms with Crippen LogP contribution >= 0.6 is 0 Å². The summed E-state index contributed by atoms with van der Waals surface area (Å²) < 4.78 is 0. The molecule has 1 rings (SSSR count). The fourth-order valence-electron chi connectivity index (χ4n) is 1.98. The third kappa shape index (κ3) is 5.38. The van der Waals surface area contributed by atoms with Gasteiger partial charge in [0, 0.05) is 0 Å². The van der Waals surface area contributed by atoms with Gasteiger partial charge >= 0.3 is 0 Å². The monoisotopic (exact) mass is 279 g/mol. The first-order chi connectivity index (χ1) is 9.47. The average Bonchev–Trinajstić information content (AvgIpc) is 2.45. The molecule has 1 aromatic rings. The van der Waals surface area contributed by atoms with Crippen molar-refractivity contribution in [3.05, 3.63) is 35.9 Å². The first-order valence-electron chi connectivity index (χ1n) is 6.98. The van der Waals surface area contributed by atoms with Gasteiger partial charge < -0.3 is 16.6 Å². The number of Topliss-reactive ketones (excluding diaryl/α,β-unsaturated/α-hetero) is 1. The number of benzene rings is 1. The number of nitrogens with two attached hydrogens (primary N) is 2. The molecule has 0 bridgehead atoms. The van der Waals surface area contributed by atoms with Gasteiger partial charge in [-0.1, -0.05) is 30.3 Å². The van der Waals surface area contributed by atoms with E-state index in [0.29, 0.717) is 32.4 Å². The second-order valence-corrected chi connectivity index (χ2v) is 5.14. The number of aryl methyl sites for hydroxylation is 1. The van der Waals surface area contributed by atoms with Crippen molar-refractivity contribution in [1.29, 1.82) is 0 Å². The summed E-state index contributed by atoms with van der Waals surface area (Å²) in [7, 11) is 0. The van der Waals surface area contributed by atoms with E-state index in [-0.39, 0.29) is 5.78 Å². The molecule has 20 heavy (non-hydrogen) atoms. The van der Waals surface area contributed by atoms with E-state index in [1.165, 1.54) is 6.92 Å². The van der Waals surface area contributed by atoms with Crippen molar-refractivity contribution in [2.75, 3.05) is 13.1 Å². The van der Waals surface area contributed by atoms with Crippen LogP contribution in [0.15, 0.2) is 30.3 Å². The molecule has 0 fully saturated rings. The van der Waals surface area contributed by atoms with Gasteiger partial charge in [-0.3, -0.25) is 10.1 Å². The predicted molar refractivity (Wildman–Crippen MR) is 80.0 cm³/mol. The van der Waals surface area contributed by atoms with Crippen molar-refractivity contribution in [2.24, 2.45) is 11.5 Å². The fourth-order valence-corrected chi connectivity index (χ4v) is 1.98. The molecule has 0 radical (unpaired) electrons. The van der Waals surface area contributed by atoms with Crippen LogP contribution in [-0.2, 0) is 11.2 Å². The van der Waals surface area contributed by atoms with Crippen molar-refractivity contribution in [3.63, 3.8) is 0 Å². The zero-order valence-corrected chi connectivity index (χ0v) is 12.0. The lowest BCUT2D eigenvalue weighted by molar-refractivity contribution is -0.140. The maximum absolute atomic E-state index is 12.1. The highest BCUT2D eigenvalue weighted by Crippen LogP contribution is 2.09. The maximum atomic E-state index is 12.1. The Balaban J connectivity index is 2.45. The molecule has 0 aliphatic heterocycles. The molecule has 1 aromatic carbocycles. The molecule has 5 nitrogen and oxygen atoms in total. The summed E-state index contributed by atoms with van der Waals surface area (Å²) in [5, 5.41) is 12.9. The van der Waals surface area contributed by atoms with E-state index in [4.69, 9.17) is 11.5 Å². The fraction of sp³-hybridized carbons (Fsp3) is 0.533. The van der Waals surface area contributed by atoms with E-state index in [1.54, 1.807) is 0 Å². The number of hydrogen-bond acceptors (Lipinski definition) is 5. The van der Waals surface area contributed by atoms with Crippen molar-refractivity contribution < 1.29 is 9.90 Å². The molecule has 6 N–H and O–H groups in total. The summed E-state index contributed by atoms with van der Waals surface area (Å²) in [5.74, 6) is -0.384. The van der Waals surface area contributed by atoms with Gasteiger partial charge in [0.05, 0.1) is 6.04 Å². The van der Waals surface area contributed by atoms with Gasteiger partial charge in [-0.05, 0) is 44.8 Å². The van der Waals surface area contributed by atoms with Gasteiger partial charge in [0.1, 0.15) is 0 Å². The van der Waals surface area contributed by atoms with Gasteiger partial charge in [-0.2, -0.15) is 0 Å². The maximum Gasteiger partial charge on any atom is 0.195 e. The highest BCUT2D eigenvalue weighted by atomic mass is 16.3. The van der Waals surface area contributed by atoms with Crippen LogP contribution in [0.1, 0.15) is 25.3 Å². The lowest BCUT2D eigenvalue weighted by Gasteiger charge is -2.26. The highest BCUT2D eigenvalue weighted by Gasteiger charge is 2.33. The molecule has 0 spiro atoms. The molecule has 0 saturated heterocycles. The molecule has 2 atom stereocenters. The van der Waals surface area contributed by atoms with Crippen molar-refractivity contribution in [1.82, 2.24) is 5.32 Å². The van der Waals surface area contributed by atoms with Gasteiger partial charge in [0.15, 0.2) is 11.5 Å². The van der Waals surface area contributed by atoms with Crippen molar-refractivity contribution >= 4 is 5.78 Å². The lowest BCUT2D eigenvalue weighted by Crippen LogP contribution is -2.56. The van der Waals surface area contributed by atoms with Crippen LogP contribution in [0.2, 0.25) is 0 Å². The number of rotatable bonds is 9. The molecule has 0 saturated carbocycles. The normalized spacial score (nSPS) is 15.6. The Morgan fingerprint density at radius 3 is 2.65 bits per heavy atom. The van der Waals surface area contributed by atoms with Crippen molar-refractivity contribution in [2.45, 2.75) is 38.0 Å². The summed E-state index contributed by atoms with van der Waals surface area (Å²) in [5.41, 5.74) is 10.8. The number of carbonyl (C=O) groups is 1. The Hall–Kier alpha value is -1.27. The highest BCUT2D eigenvalue weighted by molar-refractivity contribution is 5.90. The topological polar surface area (TPSA) is 101 Å². The minimum absolute atomic E-state index is 0.384. The quantitative estimate of drug-likeness (QED) is 0.381. The number of ketones is 1. The molecule has 0 heterocycles. The number of nitrogens with one attached hydrogen (secondary N) is 1. The molecule has 0 amide bonds. The summed E-state index contributed by atoms with van der Waals surface area (Å²) in [4.78, 5) is 12.1. The summed E-state index contributed by atoms with van der Waals surface area (Å²) in [6.07, 6.45) is 1.92. The predicted octanol–water partition coefficient (Wildman–Crippen LogP) is 0.163. The number of aliphatic hydroxyl groups is 1. The van der Waals surface area contributed by atoms with Crippen LogP contribution in [-0.4, -0.2) is 35.7 Å². The van der Waals surface area contributed by atoms with E-state index >= 15 is 0 Å². The second kappa shape index (κ2) is 8.11. The van der Waals surface area contributed by atoms with E-state index in [2.05, 4.69) is 5.32 Å². The van der Waals surface area contributed by atoms with Crippen LogP contribution in [0.4, 0.5) is 0 Å². The Bertz CT molecular complexity index is 407. The van der Waals surface area contributed by atoms with E-state index in [1.807, 2.05) is 30.3 Å². The van der Waals surface area contributed by atoms with Gasteiger partial charge in [-0.25, -0.2) is 0 Å². The minimum atomic E-state index is -1.59. The van der Waals surface area contributed by atoms with Crippen LogP contribution in [0.25, 0.3) is 0 Å². The molecular formula is C15H25N3O2. The number of hydrogen-bond donors (Lipinski definition) is 4. The minimum Gasteiger partial charge on any atom is -0.369 e. The standard InChI is InChI=1S/C15H25N3O2/c1-15(20,18-11-5-10-16)14(19)13(17)9-8-12-6-3-2-4-7-12/h2-4,6-7,13,18,20H,5,8-11,16-17H2,1H3/t13-,15?/m0/s1. The molecule has 0 aromatic heterocycles. The zero-order chi connectivity index (χ0) is 15.0. The Labute approximate surface area is 120 Å². The molecule has 0 aliphatic carbocycles. The lowest BCUT2D eigenvalue weighted by atomic mass is 9.97. The van der Waals surface area contributed by atoms with E-state index in [0.717, 1.165) is 5.56 Å². The molecular weight excluding hydrogens is 254 g/mol. The molecule has 5 heteroatoms.